The SMILES string of the molecule is Oc1cc(-n2cccn2)ccc1-c1cc2c(nn1)C(C1C[C@@H]3CC(F)(F)C[C@H](C1)N3)=CCO2. The van der Waals surface area contributed by atoms with Crippen LogP contribution in [-0.2, 0) is 0 Å². The molecule has 2 fully saturated rings. The van der Waals surface area contributed by atoms with E-state index in [0.29, 0.717) is 42.1 Å². The van der Waals surface area contributed by atoms with Crippen molar-refractivity contribution in [3.05, 3.63) is 54.5 Å². The van der Waals surface area contributed by atoms with Crippen LogP contribution in [0.1, 0.15) is 31.4 Å². The first kappa shape index (κ1) is 20.3. The van der Waals surface area contributed by atoms with Crippen molar-refractivity contribution >= 4 is 5.57 Å². The fraction of sp³-hybridized carbons (Fsp3) is 0.375. The highest BCUT2D eigenvalue weighted by atomic mass is 19.3. The standard InChI is InChI=1S/C24H23F2N5O2/c25-24(26)12-15-8-14(9-16(13-24)28-15)18-4-7-33-22-11-20(29-30-23(18)22)19-3-2-17(10-21(19)32)31-6-1-5-27-31/h1-6,10-11,14-16,28,32H,7-9,12-13H2/t14?,15-,16+. The molecular weight excluding hydrogens is 428 g/mol. The van der Waals surface area contributed by atoms with Crippen molar-refractivity contribution in [2.45, 2.75) is 43.7 Å². The fourth-order valence-corrected chi connectivity index (χ4v) is 5.39. The van der Waals surface area contributed by atoms with Crippen LogP contribution < -0.4 is 10.1 Å². The molecule has 7 nitrogen and oxygen atoms in total. The first-order valence-corrected chi connectivity index (χ1v) is 11.1. The van der Waals surface area contributed by atoms with Crippen LogP contribution in [0.25, 0.3) is 22.5 Å². The first-order chi connectivity index (χ1) is 15.9. The number of nitrogens with zero attached hydrogens (tertiary/aromatic N) is 4. The van der Waals surface area contributed by atoms with E-state index in [-0.39, 0.29) is 36.6 Å². The summed E-state index contributed by atoms with van der Waals surface area (Å²) in [5.41, 5.74) is 3.46. The number of benzene rings is 1. The fourth-order valence-electron chi connectivity index (χ4n) is 5.39. The third-order valence-corrected chi connectivity index (χ3v) is 6.74. The monoisotopic (exact) mass is 451 g/mol. The number of fused-ring (bicyclic) bond motifs is 3. The number of piperidine rings is 2. The van der Waals surface area contributed by atoms with Crippen LogP contribution in [0.15, 0.2) is 48.8 Å². The molecule has 1 unspecified atom stereocenters. The molecule has 9 heteroatoms. The normalized spacial score (nSPS) is 25.6. The van der Waals surface area contributed by atoms with E-state index < -0.39 is 5.92 Å². The average Bonchev–Trinajstić information content (AvgIpc) is 3.32. The largest absolute Gasteiger partial charge is 0.507 e. The van der Waals surface area contributed by atoms with E-state index in [4.69, 9.17) is 4.74 Å². The van der Waals surface area contributed by atoms with Gasteiger partial charge in [-0.05, 0) is 48.6 Å². The van der Waals surface area contributed by atoms with E-state index >= 15 is 0 Å². The molecule has 6 rings (SSSR count). The highest BCUT2D eigenvalue weighted by Gasteiger charge is 2.46. The van der Waals surface area contributed by atoms with Crippen LogP contribution in [-0.4, -0.2) is 49.7 Å². The van der Waals surface area contributed by atoms with Gasteiger partial charge in [-0.3, -0.25) is 0 Å². The summed E-state index contributed by atoms with van der Waals surface area (Å²) in [5.74, 6) is -1.78. The van der Waals surface area contributed by atoms with Gasteiger partial charge in [0, 0.05) is 55.0 Å². The number of hydrogen-bond acceptors (Lipinski definition) is 6. The Kier molecular flexibility index (Phi) is 4.69. The lowest BCUT2D eigenvalue weighted by molar-refractivity contribution is -0.0683. The van der Waals surface area contributed by atoms with Crippen LogP contribution >= 0.6 is 0 Å². The molecule has 0 aliphatic carbocycles. The second-order valence-electron chi connectivity index (χ2n) is 9.06. The Hall–Kier alpha value is -3.33. The quantitative estimate of drug-likeness (QED) is 0.627. The number of phenolic OH excluding ortho intramolecular Hbond substituents is 1. The number of phenols is 1. The Balaban J connectivity index is 1.27. The summed E-state index contributed by atoms with van der Waals surface area (Å²) in [6.07, 6.45) is 6.53. The lowest BCUT2D eigenvalue weighted by Gasteiger charge is -2.44. The van der Waals surface area contributed by atoms with Gasteiger partial charge in [0.05, 0.1) is 5.69 Å². The number of aromatic hydroxyl groups is 1. The summed E-state index contributed by atoms with van der Waals surface area (Å²) in [5, 5.41) is 26.9. The number of ether oxygens (including phenoxy) is 1. The average molecular weight is 451 g/mol. The van der Waals surface area contributed by atoms with Gasteiger partial charge in [0.2, 0.25) is 0 Å². The molecular formula is C24H23F2N5O2. The molecule has 2 N–H and O–H groups in total. The van der Waals surface area contributed by atoms with E-state index in [1.54, 1.807) is 35.3 Å². The van der Waals surface area contributed by atoms with Crippen LogP contribution in [0.4, 0.5) is 8.78 Å². The summed E-state index contributed by atoms with van der Waals surface area (Å²) in [7, 11) is 0. The minimum atomic E-state index is -2.59. The zero-order chi connectivity index (χ0) is 22.6. The molecule has 3 aromatic rings. The summed E-state index contributed by atoms with van der Waals surface area (Å²) in [4.78, 5) is 0. The lowest BCUT2D eigenvalue weighted by Crippen LogP contribution is -2.54. The minimum absolute atomic E-state index is 0.0657. The number of hydrogen-bond donors (Lipinski definition) is 2. The number of nitrogens with one attached hydrogen (secondary N) is 1. The van der Waals surface area contributed by atoms with Crippen molar-refractivity contribution in [1.29, 1.82) is 0 Å². The van der Waals surface area contributed by atoms with E-state index in [9.17, 15) is 13.9 Å². The molecule has 2 aromatic heterocycles. The molecule has 3 aliphatic rings. The molecule has 0 amide bonds. The van der Waals surface area contributed by atoms with Crippen molar-refractivity contribution in [3.63, 3.8) is 0 Å². The second-order valence-corrected chi connectivity index (χ2v) is 9.06. The van der Waals surface area contributed by atoms with Crippen molar-refractivity contribution in [2.75, 3.05) is 6.61 Å². The zero-order valence-corrected chi connectivity index (χ0v) is 17.8. The second kappa shape index (κ2) is 7.62. The van der Waals surface area contributed by atoms with E-state index in [1.165, 1.54) is 0 Å². The Morgan fingerprint density at radius 3 is 2.67 bits per heavy atom. The molecule has 0 radical (unpaired) electrons. The van der Waals surface area contributed by atoms with Crippen molar-refractivity contribution in [1.82, 2.24) is 25.3 Å². The molecule has 0 saturated carbocycles. The van der Waals surface area contributed by atoms with Gasteiger partial charge in [-0.1, -0.05) is 0 Å². The molecule has 3 atom stereocenters. The summed E-state index contributed by atoms with van der Waals surface area (Å²) in [6.45, 7) is 0.396. The van der Waals surface area contributed by atoms with Gasteiger partial charge in [-0.2, -0.15) is 5.10 Å². The molecule has 0 spiro atoms. The van der Waals surface area contributed by atoms with Crippen molar-refractivity contribution in [2.24, 2.45) is 5.92 Å². The number of halogens is 2. The maximum absolute atomic E-state index is 14.0. The van der Waals surface area contributed by atoms with Crippen LogP contribution in [0.2, 0.25) is 0 Å². The topological polar surface area (TPSA) is 85.1 Å². The molecule has 2 saturated heterocycles. The van der Waals surface area contributed by atoms with Gasteiger partial charge in [0.15, 0.2) is 0 Å². The van der Waals surface area contributed by atoms with Crippen LogP contribution in [0.5, 0.6) is 11.5 Å². The maximum Gasteiger partial charge on any atom is 0.251 e. The zero-order valence-electron chi connectivity index (χ0n) is 17.8. The third kappa shape index (κ3) is 3.76. The Morgan fingerprint density at radius 2 is 1.94 bits per heavy atom. The summed E-state index contributed by atoms with van der Waals surface area (Å²) < 4.78 is 35.4. The van der Waals surface area contributed by atoms with E-state index in [2.05, 4.69) is 20.6 Å². The number of aromatic nitrogens is 4. The number of allylic oxidation sites excluding steroid dienone is 1. The predicted octanol–water partition coefficient (Wildman–Crippen LogP) is 3.98. The van der Waals surface area contributed by atoms with E-state index in [1.807, 2.05) is 18.2 Å². The number of rotatable bonds is 3. The van der Waals surface area contributed by atoms with Gasteiger partial charge >= 0.3 is 0 Å². The van der Waals surface area contributed by atoms with Gasteiger partial charge < -0.3 is 15.2 Å². The highest BCUT2D eigenvalue weighted by Crippen LogP contribution is 2.45. The molecule has 1 aromatic carbocycles. The number of alkyl halides is 2. The van der Waals surface area contributed by atoms with Crippen LogP contribution in [0, 0.1) is 5.92 Å². The smallest absolute Gasteiger partial charge is 0.251 e. The first-order valence-electron chi connectivity index (χ1n) is 11.1. The Labute approximate surface area is 189 Å². The van der Waals surface area contributed by atoms with Gasteiger partial charge in [0.1, 0.15) is 29.5 Å². The molecule has 33 heavy (non-hydrogen) atoms. The summed E-state index contributed by atoms with van der Waals surface area (Å²) >= 11 is 0. The molecule has 2 bridgehead atoms. The van der Waals surface area contributed by atoms with Gasteiger partial charge in [-0.25, -0.2) is 13.5 Å². The van der Waals surface area contributed by atoms with Gasteiger partial charge in [-0.15, -0.1) is 10.2 Å². The Bertz CT molecular complexity index is 1210. The molecule has 3 aliphatic heterocycles. The van der Waals surface area contributed by atoms with Crippen molar-refractivity contribution < 1.29 is 18.6 Å². The Morgan fingerprint density at radius 1 is 1.12 bits per heavy atom. The predicted molar refractivity (Wildman–Crippen MR) is 117 cm³/mol. The molecule has 5 heterocycles. The minimum Gasteiger partial charge on any atom is -0.507 e. The van der Waals surface area contributed by atoms with E-state index in [0.717, 1.165) is 11.3 Å². The van der Waals surface area contributed by atoms with Gasteiger partial charge in [0.25, 0.3) is 5.92 Å². The molecule has 170 valence electrons. The summed E-state index contributed by atoms with van der Waals surface area (Å²) in [6, 6.07) is 8.45. The maximum atomic E-state index is 14.0. The highest BCUT2D eigenvalue weighted by molar-refractivity contribution is 5.75. The third-order valence-electron chi connectivity index (χ3n) is 6.74. The lowest BCUT2D eigenvalue weighted by atomic mass is 9.74. The van der Waals surface area contributed by atoms with Crippen molar-refractivity contribution in [3.8, 4) is 28.4 Å². The van der Waals surface area contributed by atoms with Crippen LogP contribution in [0.3, 0.4) is 0 Å².